The van der Waals surface area contributed by atoms with E-state index in [2.05, 4.69) is 35.7 Å². The van der Waals surface area contributed by atoms with Crippen LogP contribution in [-0.4, -0.2) is 16.5 Å². The Morgan fingerprint density at radius 1 is 1.13 bits per heavy atom. The molecule has 152 valence electrons. The average Bonchev–Trinajstić information content (AvgIpc) is 3.13. The lowest BCUT2D eigenvalue weighted by Crippen LogP contribution is -2.09. The molecule has 2 aromatic carbocycles. The highest BCUT2D eigenvalue weighted by molar-refractivity contribution is 5.87. The number of nitrogens with zero attached hydrogens (tertiary/aromatic N) is 3. The van der Waals surface area contributed by atoms with Crippen LogP contribution in [-0.2, 0) is 6.42 Å². The van der Waals surface area contributed by atoms with Crippen LogP contribution in [0.15, 0.2) is 48.5 Å². The zero-order chi connectivity index (χ0) is 21.3. The van der Waals surface area contributed by atoms with E-state index in [1.165, 1.54) is 0 Å². The number of imidazole rings is 1. The van der Waals surface area contributed by atoms with Crippen molar-refractivity contribution in [2.75, 3.05) is 12.4 Å². The van der Waals surface area contributed by atoms with E-state index in [9.17, 15) is 5.26 Å². The summed E-state index contributed by atoms with van der Waals surface area (Å²) < 4.78 is 7.39. The third-order valence-electron chi connectivity index (χ3n) is 5.56. The molecule has 0 fully saturated rings. The first kappa shape index (κ1) is 19.8. The molecular weight excluding hydrogens is 372 g/mol. The van der Waals surface area contributed by atoms with Crippen molar-refractivity contribution >= 4 is 28.2 Å². The minimum Gasteiger partial charge on any atom is -0.497 e. The average molecular weight is 399 g/mol. The van der Waals surface area contributed by atoms with Crippen LogP contribution >= 0.6 is 0 Å². The zero-order valence-electron chi connectivity index (χ0n) is 17.9. The summed E-state index contributed by atoms with van der Waals surface area (Å²) in [6, 6.07) is 18.3. The van der Waals surface area contributed by atoms with Crippen molar-refractivity contribution in [3.05, 3.63) is 65.2 Å². The largest absolute Gasteiger partial charge is 0.497 e. The van der Waals surface area contributed by atoms with Gasteiger partial charge < -0.3 is 10.1 Å². The van der Waals surface area contributed by atoms with Crippen LogP contribution in [0.5, 0.6) is 5.75 Å². The number of aromatic nitrogens is 2. The summed E-state index contributed by atoms with van der Waals surface area (Å²) in [5, 5.41) is 13.6. The Balaban J connectivity index is 2.00. The van der Waals surface area contributed by atoms with E-state index in [1.807, 2.05) is 49.4 Å². The smallest absolute Gasteiger partial charge is 0.157 e. The molecular formula is C25H26N4O. The second kappa shape index (κ2) is 8.08. The number of nitrogens with one attached hydrogen (secondary N) is 1. The van der Waals surface area contributed by atoms with Gasteiger partial charge in [0.2, 0.25) is 0 Å². The summed E-state index contributed by atoms with van der Waals surface area (Å²) in [5.74, 6) is 2.36. The van der Waals surface area contributed by atoms with Crippen molar-refractivity contribution in [3.8, 4) is 11.8 Å². The van der Waals surface area contributed by atoms with Crippen molar-refractivity contribution in [2.45, 2.75) is 33.6 Å². The molecule has 0 aliphatic rings. The van der Waals surface area contributed by atoms with Crippen molar-refractivity contribution in [2.24, 2.45) is 5.92 Å². The number of para-hydroxylation sites is 2. The van der Waals surface area contributed by atoms with Gasteiger partial charge in [-0.05, 0) is 73.2 Å². The van der Waals surface area contributed by atoms with Gasteiger partial charge in [-0.25, -0.2) is 4.98 Å². The fraction of sp³-hybridized carbons (Fsp3) is 0.280. The number of rotatable bonds is 6. The Bertz CT molecular complexity index is 1250. The molecule has 0 atom stereocenters. The van der Waals surface area contributed by atoms with E-state index in [0.717, 1.165) is 52.3 Å². The lowest BCUT2D eigenvalue weighted by Gasteiger charge is -2.19. The maximum atomic E-state index is 9.94. The predicted octanol–water partition coefficient (Wildman–Crippen LogP) is 6.01. The van der Waals surface area contributed by atoms with Gasteiger partial charge >= 0.3 is 0 Å². The van der Waals surface area contributed by atoms with Gasteiger partial charge in [-0.1, -0.05) is 26.0 Å². The van der Waals surface area contributed by atoms with Gasteiger partial charge in [-0.2, -0.15) is 5.26 Å². The summed E-state index contributed by atoms with van der Waals surface area (Å²) in [4.78, 5) is 4.79. The topological polar surface area (TPSA) is 62.3 Å². The molecule has 2 aromatic heterocycles. The molecule has 0 aliphatic carbocycles. The van der Waals surface area contributed by atoms with Crippen LogP contribution in [0.25, 0.3) is 16.7 Å². The highest BCUT2D eigenvalue weighted by atomic mass is 16.5. The first-order chi connectivity index (χ1) is 14.5. The molecule has 0 aliphatic heterocycles. The van der Waals surface area contributed by atoms with Gasteiger partial charge in [0.25, 0.3) is 0 Å². The number of benzene rings is 2. The third kappa shape index (κ3) is 3.46. The van der Waals surface area contributed by atoms with Gasteiger partial charge in [0.15, 0.2) is 5.65 Å². The second-order valence-corrected chi connectivity index (χ2v) is 7.98. The molecule has 30 heavy (non-hydrogen) atoms. The van der Waals surface area contributed by atoms with Crippen LogP contribution in [0.1, 0.15) is 37.0 Å². The summed E-state index contributed by atoms with van der Waals surface area (Å²) in [6.45, 7) is 6.48. The zero-order valence-corrected chi connectivity index (χ0v) is 17.9. The number of ether oxygens (including phenoxy) is 1. The fourth-order valence-electron chi connectivity index (χ4n) is 3.87. The Hall–Kier alpha value is -3.52. The monoisotopic (exact) mass is 398 g/mol. The number of fused-ring (bicyclic) bond motifs is 3. The van der Waals surface area contributed by atoms with E-state index in [4.69, 9.17) is 9.72 Å². The van der Waals surface area contributed by atoms with E-state index >= 15 is 0 Å². The molecule has 0 bridgehead atoms. The summed E-state index contributed by atoms with van der Waals surface area (Å²) in [5.41, 5.74) is 6.33. The summed E-state index contributed by atoms with van der Waals surface area (Å²) in [7, 11) is 1.66. The number of hydrogen-bond acceptors (Lipinski definition) is 4. The van der Waals surface area contributed by atoms with Crippen LogP contribution in [0.4, 0.5) is 11.5 Å². The van der Waals surface area contributed by atoms with Gasteiger partial charge in [-0.3, -0.25) is 4.40 Å². The lowest BCUT2D eigenvalue weighted by atomic mass is 9.96. The Morgan fingerprint density at radius 3 is 2.53 bits per heavy atom. The first-order valence-corrected chi connectivity index (χ1v) is 10.3. The fourth-order valence-corrected chi connectivity index (χ4v) is 3.87. The highest BCUT2D eigenvalue weighted by Gasteiger charge is 2.21. The summed E-state index contributed by atoms with van der Waals surface area (Å²) in [6.07, 6.45) is 1.93. The van der Waals surface area contributed by atoms with Crippen LogP contribution < -0.4 is 10.1 Å². The normalized spacial score (nSPS) is 11.2. The molecule has 5 nitrogen and oxygen atoms in total. The van der Waals surface area contributed by atoms with Gasteiger partial charge in [0, 0.05) is 5.69 Å². The van der Waals surface area contributed by atoms with Crippen molar-refractivity contribution in [1.82, 2.24) is 9.38 Å². The van der Waals surface area contributed by atoms with E-state index in [-0.39, 0.29) is 0 Å². The van der Waals surface area contributed by atoms with Crippen molar-refractivity contribution in [1.29, 1.82) is 5.26 Å². The minimum absolute atomic E-state index is 0.569. The third-order valence-corrected chi connectivity index (χ3v) is 5.56. The molecule has 0 amide bonds. The Labute approximate surface area is 176 Å². The van der Waals surface area contributed by atoms with Gasteiger partial charge in [0.05, 0.1) is 23.7 Å². The molecule has 0 saturated heterocycles. The molecule has 1 N–H and O–H groups in total. The van der Waals surface area contributed by atoms with Crippen molar-refractivity contribution in [3.63, 3.8) is 0 Å². The number of hydrogen-bond donors (Lipinski definition) is 1. The van der Waals surface area contributed by atoms with E-state index < -0.39 is 0 Å². The number of anilines is 2. The summed E-state index contributed by atoms with van der Waals surface area (Å²) >= 11 is 0. The maximum absolute atomic E-state index is 9.94. The predicted molar refractivity (Wildman–Crippen MR) is 122 cm³/mol. The highest BCUT2D eigenvalue weighted by Crippen LogP contribution is 2.34. The molecule has 0 saturated carbocycles. The standard InChI is InChI=1S/C25H26N4O/c1-16(2)9-14-20-17(3)21(15-26)25-28-22-7-5-6-8-23(22)29(25)24(20)27-18-10-12-19(30-4)13-11-18/h5-8,10-13,16,27H,9,14H2,1-4H3. The van der Waals surface area contributed by atoms with E-state index in [0.29, 0.717) is 17.1 Å². The van der Waals surface area contributed by atoms with Gasteiger partial charge in [0.1, 0.15) is 17.6 Å². The van der Waals surface area contributed by atoms with Crippen LogP contribution in [0.2, 0.25) is 0 Å². The molecule has 0 radical (unpaired) electrons. The Kier molecular flexibility index (Phi) is 5.33. The quantitative estimate of drug-likeness (QED) is 0.432. The Morgan fingerprint density at radius 2 is 1.87 bits per heavy atom. The van der Waals surface area contributed by atoms with Crippen LogP contribution in [0.3, 0.4) is 0 Å². The van der Waals surface area contributed by atoms with Crippen LogP contribution in [0, 0.1) is 24.2 Å². The van der Waals surface area contributed by atoms with Gasteiger partial charge in [-0.15, -0.1) is 0 Å². The molecule has 5 heteroatoms. The van der Waals surface area contributed by atoms with E-state index in [1.54, 1.807) is 7.11 Å². The molecule has 0 spiro atoms. The molecule has 4 rings (SSSR count). The number of nitriles is 1. The molecule has 0 unspecified atom stereocenters. The SMILES string of the molecule is COc1ccc(Nc2c(CCC(C)C)c(C)c(C#N)c3nc4ccccc4n23)cc1. The van der Waals surface area contributed by atoms with Crippen molar-refractivity contribution < 1.29 is 4.74 Å². The molecule has 4 aromatic rings. The maximum Gasteiger partial charge on any atom is 0.157 e. The molecule has 2 heterocycles. The minimum atomic E-state index is 0.569. The second-order valence-electron chi connectivity index (χ2n) is 7.98. The number of pyridine rings is 1. The first-order valence-electron chi connectivity index (χ1n) is 10.3. The lowest BCUT2D eigenvalue weighted by molar-refractivity contribution is 0.415. The number of methoxy groups -OCH3 is 1.